The Bertz CT molecular complexity index is 608. The maximum Gasteiger partial charge on any atom is 0.337 e. The summed E-state index contributed by atoms with van der Waals surface area (Å²) in [6.07, 6.45) is 3.68. The standard InChI is InChI=1S/C15H18N2O2/c1-3-4-5-16-13-8-14-11(6-10(13)2)7-12(9-17-14)15(18)19/h6-9,16H,3-5H2,1-2H3,(H,18,19). The molecule has 2 rings (SSSR count). The second kappa shape index (κ2) is 5.69. The molecule has 2 N–H and O–H groups in total. The second-order valence-electron chi connectivity index (χ2n) is 4.67. The maximum atomic E-state index is 10.9. The maximum absolute atomic E-state index is 10.9. The molecule has 0 aliphatic rings. The SMILES string of the molecule is CCCCNc1cc2ncc(C(=O)O)cc2cc1C. The van der Waals surface area contributed by atoms with Crippen LogP contribution >= 0.6 is 0 Å². The molecule has 0 atom stereocenters. The van der Waals surface area contributed by atoms with Gasteiger partial charge in [0.1, 0.15) is 0 Å². The summed E-state index contributed by atoms with van der Waals surface area (Å²) in [7, 11) is 0. The van der Waals surface area contributed by atoms with E-state index in [4.69, 9.17) is 5.11 Å². The number of benzene rings is 1. The summed E-state index contributed by atoms with van der Waals surface area (Å²) in [5.74, 6) is -0.947. The van der Waals surface area contributed by atoms with Crippen LogP contribution in [0.25, 0.3) is 10.9 Å². The van der Waals surface area contributed by atoms with Gasteiger partial charge < -0.3 is 10.4 Å². The molecular formula is C15H18N2O2. The number of pyridine rings is 1. The van der Waals surface area contributed by atoms with Crippen molar-refractivity contribution in [2.45, 2.75) is 26.7 Å². The Balaban J connectivity index is 2.35. The Morgan fingerprint density at radius 3 is 2.84 bits per heavy atom. The number of hydrogen-bond donors (Lipinski definition) is 2. The first-order chi connectivity index (χ1) is 9.11. The zero-order chi connectivity index (χ0) is 13.8. The van der Waals surface area contributed by atoms with Crippen LogP contribution in [0, 0.1) is 6.92 Å². The van der Waals surface area contributed by atoms with Crippen LogP contribution < -0.4 is 5.32 Å². The van der Waals surface area contributed by atoms with Crippen molar-refractivity contribution in [2.75, 3.05) is 11.9 Å². The number of hydrogen-bond acceptors (Lipinski definition) is 3. The van der Waals surface area contributed by atoms with E-state index in [1.807, 2.05) is 19.1 Å². The molecule has 19 heavy (non-hydrogen) atoms. The zero-order valence-corrected chi connectivity index (χ0v) is 11.2. The monoisotopic (exact) mass is 258 g/mol. The van der Waals surface area contributed by atoms with Crippen LogP contribution in [-0.2, 0) is 0 Å². The van der Waals surface area contributed by atoms with Gasteiger partial charge in [0.2, 0.25) is 0 Å². The number of aromatic carboxylic acids is 1. The fraction of sp³-hybridized carbons (Fsp3) is 0.333. The minimum atomic E-state index is -0.947. The molecule has 4 nitrogen and oxygen atoms in total. The number of carbonyl (C=O) groups is 1. The number of anilines is 1. The summed E-state index contributed by atoms with van der Waals surface area (Å²) in [5, 5.41) is 13.2. The lowest BCUT2D eigenvalue weighted by atomic mass is 10.1. The van der Waals surface area contributed by atoms with Crippen molar-refractivity contribution in [1.29, 1.82) is 0 Å². The molecule has 0 spiro atoms. The van der Waals surface area contributed by atoms with E-state index in [1.165, 1.54) is 6.20 Å². The summed E-state index contributed by atoms with van der Waals surface area (Å²) in [4.78, 5) is 15.1. The molecule has 0 unspecified atom stereocenters. The highest BCUT2D eigenvalue weighted by Gasteiger charge is 2.07. The van der Waals surface area contributed by atoms with Crippen molar-refractivity contribution >= 4 is 22.6 Å². The van der Waals surface area contributed by atoms with Crippen molar-refractivity contribution in [1.82, 2.24) is 4.98 Å². The van der Waals surface area contributed by atoms with Crippen LogP contribution in [0.3, 0.4) is 0 Å². The molecule has 1 aromatic carbocycles. The van der Waals surface area contributed by atoms with Crippen molar-refractivity contribution in [3.8, 4) is 0 Å². The molecule has 0 fully saturated rings. The van der Waals surface area contributed by atoms with E-state index < -0.39 is 5.97 Å². The third kappa shape index (κ3) is 3.02. The van der Waals surface area contributed by atoms with Crippen LogP contribution in [0.1, 0.15) is 35.7 Å². The average Bonchev–Trinajstić information content (AvgIpc) is 2.39. The number of aryl methyl sites for hydroxylation is 1. The van der Waals surface area contributed by atoms with Gasteiger partial charge in [-0.15, -0.1) is 0 Å². The number of nitrogens with one attached hydrogen (secondary N) is 1. The number of aromatic nitrogens is 1. The van der Waals surface area contributed by atoms with Gasteiger partial charge in [0.15, 0.2) is 0 Å². The minimum absolute atomic E-state index is 0.221. The lowest BCUT2D eigenvalue weighted by molar-refractivity contribution is 0.0696. The molecule has 2 aromatic rings. The Labute approximate surface area is 112 Å². The smallest absolute Gasteiger partial charge is 0.337 e. The van der Waals surface area contributed by atoms with Crippen LogP contribution in [-0.4, -0.2) is 22.6 Å². The average molecular weight is 258 g/mol. The molecule has 0 saturated carbocycles. The van der Waals surface area contributed by atoms with Gasteiger partial charge in [-0.1, -0.05) is 13.3 Å². The summed E-state index contributed by atoms with van der Waals surface area (Å²) in [6, 6.07) is 5.61. The van der Waals surface area contributed by atoms with Gasteiger partial charge in [0.25, 0.3) is 0 Å². The van der Waals surface area contributed by atoms with Gasteiger partial charge in [-0.2, -0.15) is 0 Å². The predicted octanol–water partition coefficient (Wildman–Crippen LogP) is 3.45. The van der Waals surface area contributed by atoms with Crippen molar-refractivity contribution in [3.05, 3.63) is 35.5 Å². The third-order valence-electron chi connectivity index (χ3n) is 3.12. The number of rotatable bonds is 5. The van der Waals surface area contributed by atoms with E-state index in [0.717, 1.165) is 41.5 Å². The highest BCUT2D eigenvalue weighted by Crippen LogP contribution is 2.23. The van der Waals surface area contributed by atoms with Gasteiger partial charge in [0, 0.05) is 23.8 Å². The summed E-state index contributed by atoms with van der Waals surface area (Å²) in [6.45, 7) is 5.11. The molecule has 100 valence electrons. The van der Waals surface area contributed by atoms with E-state index >= 15 is 0 Å². The molecule has 1 heterocycles. The molecule has 4 heteroatoms. The van der Waals surface area contributed by atoms with Crippen LogP contribution in [0.4, 0.5) is 5.69 Å². The highest BCUT2D eigenvalue weighted by molar-refractivity contribution is 5.93. The number of carboxylic acid groups (broad SMARTS) is 1. The Morgan fingerprint density at radius 1 is 1.37 bits per heavy atom. The molecule has 1 aromatic heterocycles. The molecule has 0 aliphatic carbocycles. The highest BCUT2D eigenvalue weighted by atomic mass is 16.4. The Hall–Kier alpha value is -2.10. The molecule has 0 aliphatic heterocycles. The summed E-state index contributed by atoms with van der Waals surface area (Å²) >= 11 is 0. The van der Waals surface area contributed by atoms with Crippen molar-refractivity contribution < 1.29 is 9.90 Å². The van der Waals surface area contributed by atoms with Gasteiger partial charge in [-0.25, -0.2) is 4.79 Å². The van der Waals surface area contributed by atoms with E-state index in [1.54, 1.807) is 6.07 Å². The molecule has 0 amide bonds. The van der Waals surface area contributed by atoms with E-state index in [0.29, 0.717) is 0 Å². The number of fused-ring (bicyclic) bond motifs is 1. The second-order valence-corrected chi connectivity index (χ2v) is 4.67. The Kier molecular flexibility index (Phi) is 4.00. The normalized spacial score (nSPS) is 10.6. The van der Waals surface area contributed by atoms with E-state index in [-0.39, 0.29) is 5.56 Å². The number of unbranched alkanes of at least 4 members (excludes halogenated alkanes) is 1. The quantitative estimate of drug-likeness (QED) is 0.806. The van der Waals surface area contributed by atoms with Gasteiger partial charge in [-0.05, 0) is 37.1 Å². The van der Waals surface area contributed by atoms with Crippen LogP contribution in [0.5, 0.6) is 0 Å². The first-order valence-electron chi connectivity index (χ1n) is 6.49. The van der Waals surface area contributed by atoms with Gasteiger partial charge >= 0.3 is 5.97 Å². The fourth-order valence-corrected chi connectivity index (χ4v) is 2.00. The predicted molar refractivity (Wildman–Crippen MR) is 76.8 cm³/mol. The third-order valence-corrected chi connectivity index (χ3v) is 3.12. The largest absolute Gasteiger partial charge is 0.478 e. The summed E-state index contributed by atoms with van der Waals surface area (Å²) < 4.78 is 0. The lowest BCUT2D eigenvalue weighted by Crippen LogP contribution is -2.03. The lowest BCUT2D eigenvalue weighted by Gasteiger charge is -2.10. The van der Waals surface area contributed by atoms with E-state index in [2.05, 4.69) is 17.2 Å². The number of carboxylic acids is 1. The first kappa shape index (κ1) is 13.3. The van der Waals surface area contributed by atoms with Gasteiger partial charge in [-0.3, -0.25) is 4.98 Å². The Morgan fingerprint density at radius 2 is 2.16 bits per heavy atom. The minimum Gasteiger partial charge on any atom is -0.478 e. The van der Waals surface area contributed by atoms with Crippen LogP contribution in [0.2, 0.25) is 0 Å². The summed E-state index contributed by atoms with van der Waals surface area (Å²) in [5.41, 5.74) is 3.21. The van der Waals surface area contributed by atoms with Crippen molar-refractivity contribution in [3.63, 3.8) is 0 Å². The molecule has 0 radical (unpaired) electrons. The fourth-order valence-electron chi connectivity index (χ4n) is 2.00. The molecule has 0 saturated heterocycles. The molecular weight excluding hydrogens is 240 g/mol. The zero-order valence-electron chi connectivity index (χ0n) is 11.2. The van der Waals surface area contributed by atoms with Crippen LogP contribution in [0.15, 0.2) is 24.4 Å². The first-order valence-corrected chi connectivity index (χ1v) is 6.49. The van der Waals surface area contributed by atoms with Crippen molar-refractivity contribution in [2.24, 2.45) is 0 Å². The van der Waals surface area contributed by atoms with E-state index in [9.17, 15) is 4.79 Å². The molecule has 0 bridgehead atoms. The number of nitrogens with zero attached hydrogens (tertiary/aromatic N) is 1. The van der Waals surface area contributed by atoms with Gasteiger partial charge in [0.05, 0.1) is 11.1 Å². The topological polar surface area (TPSA) is 62.2 Å².